The molecule has 3 aromatic rings. The van der Waals surface area contributed by atoms with E-state index in [2.05, 4.69) is 30.1 Å². The van der Waals surface area contributed by atoms with E-state index in [1.165, 1.54) is 18.3 Å². The molecule has 1 N–H and O–H groups in total. The second-order valence-corrected chi connectivity index (χ2v) is 6.42. The van der Waals surface area contributed by atoms with E-state index in [9.17, 15) is 9.18 Å². The van der Waals surface area contributed by atoms with Crippen molar-refractivity contribution in [2.45, 2.75) is 0 Å². The Balaban J connectivity index is 1.42. The van der Waals surface area contributed by atoms with Gasteiger partial charge >= 0.3 is 0 Å². The van der Waals surface area contributed by atoms with Crippen molar-refractivity contribution < 1.29 is 9.18 Å². The maximum Gasteiger partial charge on any atom is 0.257 e. The zero-order valence-corrected chi connectivity index (χ0v) is 15.1. The summed E-state index contributed by atoms with van der Waals surface area (Å²) >= 11 is 0. The molecule has 1 aromatic carbocycles. The lowest BCUT2D eigenvalue weighted by Gasteiger charge is -2.35. The summed E-state index contributed by atoms with van der Waals surface area (Å²) in [5.74, 6) is 0.00436. The van der Waals surface area contributed by atoms with Gasteiger partial charge in [0.05, 0.1) is 17.4 Å². The summed E-state index contributed by atoms with van der Waals surface area (Å²) in [6.45, 7) is 3.11. The van der Waals surface area contributed by atoms with Crippen LogP contribution in [0.5, 0.6) is 0 Å². The largest absolute Gasteiger partial charge is 0.367 e. The third-order valence-corrected chi connectivity index (χ3v) is 4.55. The van der Waals surface area contributed by atoms with Crippen molar-refractivity contribution in [1.29, 1.82) is 0 Å². The molecule has 0 bridgehead atoms. The van der Waals surface area contributed by atoms with Gasteiger partial charge in [-0.05, 0) is 30.3 Å². The Kier molecular flexibility index (Phi) is 5.09. The molecule has 2 aromatic heterocycles. The van der Waals surface area contributed by atoms with Crippen molar-refractivity contribution >= 4 is 23.2 Å². The Morgan fingerprint density at radius 3 is 2.46 bits per heavy atom. The van der Waals surface area contributed by atoms with Gasteiger partial charge in [0.25, 0.3) is 5.91 Å². The van der Waals surface area contributed by atoms with E-state index in [1.54, 1.807) is 42.9 Å². The normalized spacial score (nSPS) is 14.0. The maximum atomic E-state index is 13.3. The number of halogens is 1. The third-order valence-electron chi connectivity index (χ3n) is 4.55. The second-order valence-electron chi connectivity index (χ2n) is 6.42. The first-order valence-corrected chi connectivity index (χ1v) is 8.98. The molecule has 3 heterocycles. The first kappa shape index (κ1) is 17.8. The number of nitrogens with zero attached hydrogens (tertiary/aromatic N) is 5. The molecule has 0 spiro atoms. The Morgan fingerprint density at radius 2 is 1.71 bits per heavy atom. The van der Waals surface area contributed by atoms with E-state index in [0.29, 0.717) is 11.3 Å². The number of aromatic nitrogens is 3. The summed E-state index contributed by atoms with van der Waals surface area (Å²) in [4.78, 5) is 29.6. The SMILES string of the molecule is O=C(Nc1cccc(F)c1)c1cncc(N2CCN(c3ncccn3)CC2)c1. The monoisotopic (exact) mass is 378 g/mol. The number of amides is 1. The lowest BCUT2D eigenvalue weighted by molar-refractivity contribution is 0.102. The topological polar surface area (TPSA) is 74.2 Å². The van der Waals surface area contributed by atoms with E-state index in [-0.39, 0.29) is 5.91 Å². The number of hydrogen-bond acceptors (Lipinski definition) is 6. The Labute approximate surface area is 161 Å². The molecule has 8 heteroatoms. The summed E-state index contributed by atoms with van der Waals surface area (Å²) in [5, 5.41) is 2.70. The lowest BCUT2D eigenvalue weighted by Crippen LogP contribution is -2.47. The highest BCUT2D eigenvalue weighted by atomic mass is 19.1. The molecule has 4 rings (SSSR count). The fraction of sp³-hybridized carbons (Fsp3) is 0.200. The molecule has 28 heavy (non-hydrogen) atoms. The molecule has 1 aliphatic rings. The number of rotatable bonds is 4. The van der Waals surface area contributed by atoms with Gasteiger partial charge in [-0.1, -0.05) is 6.07 Å². The van der Waals surface area contributed by atoms with Crippen LogP contribution in [0.3, 0.4) is 0 Å². The van der Waals surface area contributed by atoms with Crippen molar-refractivity contribution in [3.63, 3.8) is 0 Å². The number of nitrogens with one attached hydrogen (secondary N) is 1. The van der Waals surface area contributed by atoms with Crippen molar-refractivity contribution in [2.24, 2.45) is 0 Å². The fourth-order valence-electron chi connectivity index (χ4n) is 3.11. The number of carbonyl (C=O) groups is 1. The zero-order valence-electron chi connectivity index (χ0n) is 15.1. The van der Waals surface area contributed by atoms with Crippen molar-refractivity contribution in [2.75, 3.05) is 41.3 Å². The van der Waals surface area contributed by atoms with E-state index in [4.69, 9.17) is 0 Å². The van der Waals surface area contributed by atoms with Gasteiger partial charge in [0.15, 0.2) is 0 Å². The Morgan fingerprint density at radius 1 is 0.964 bits per heavy atom. The van der Waals surface area contributed by atoms with E-state index < -0.39 is 5.82 Å². The van der Waals surface area contributed by atoms with E-state index >= 15 is 0 Å². The molecule has 0 atom stereocenters. The number of pyridine rings is 1. The highest BCUT2D eigenvalue weighted by Gasteiger charge is 2.20. The molecule has 7 nitrogen and oxygen atoms in total. The minimum absolute atomic E-state index is 0.323. The van der Waals surface area contributed by atoms with Crippen LogP contribution < -0.4 is 15.1 Å². The van der Waals surface area contributed by atoms with Crippen LogP contribution in [0.25, 0.3) is 0 Å². The summed E-state index contributed by atoms with van der Waals surface area (Å²) < 4.78 is 13.3. The molecule has 0 aliphatic carbocycles. The first-order valence-electron chi connectivity index (χ1n) is 8.98. The molecule has 0 saturated carbocycles. The summed E-state index contributed by atoms with van der Waals surface area (Å²) in [5.41, 5.74) is 1.71. The van der Waals surface area contributed by atoms with E-state index in [1.807, 2.05) is 0 Å². The average Bonchev–Trinajstić information content (AvgIpc) is 2.75. The Hall–Kier alpha value is -3.55. The third kappa shape index (κ3) is 4.06. The molecule has 142 valence electrons. The van der Waals surface area contributed by atoms with Gasteiger partial charge in [0.1, 0.15) is 5.82 Å². The molecule has 1 saturated heterocycles. The number of hydrogen-bond donors (Lipinski definition) is 1. The number of piperazine rings is 1. The van der Waals surface area contributed by atoms with Crippen LogP contribution in [-0.2, 0) is 0 Å². The van der Waals surface area contributed by atoms with Gasteiger partial charge in [-0.3, -0.25) is 9.78 Å². The van der Waals surface area contributed by atoms with Crippen LogP contribution in [-0.4, -0.2) is 47.0 Å². The van der Waals surface area contributed by atoms with Crippen molar-refractivity contribution in [3.05, 3.63) is 72.6 Å². The lowest BCUT2D eigenvalue weighted by atomic mass is 10.2. The fourth-order valence-corrected chi connectivity index (χ4v) is 3.11. The van der Waals surface area contributed by atoms with Gasteiger partial charge in [-0.15, -0.1) is 0 Å². The molecule has 1 aliphatic heterocycles. The predicted molar refractivity (Wildman–Crippen MR) is 105 cm³/mol. The molecule has 1 fully saturated rings. The summed E-state index contributed by atoms with van der Waals surface area (Å²) in [7, 11) is 0. The minimum Gasteiger partial charge on any atom is -0.367 e. The Bertz CT molecular complexity index is 960. The number of benzene rings is 1. The quantitative estimate of drug-likeness (QED) is 0.752. The first-order chi connectivity index (χ1) is 13.7. The van der Waals surface area contributed by atoms with Gasteiger partial charge in [0, 0.05) is 50.5 Å². The second kappa shape index (κ2) is 7.99. The standard InChI is InChI=1S/C20H19FN6O/c21-16-3-1-4-17(12-16)25-19(28)15-11-18(14-22-13-15)26-7-9-27(10-8-26)20-23-5-2-6-24-20/h1-6,11-14H,7-10H2,(H,25,28). The van der Waals surface area contributed by atoms with Crippen LogP contribution in [0, 0.1) is 5.82 Å². The van der Waals surface area contributed by atoms with Crippen LogP contribution in [0.4, 0.5) is 21.7 Å². The highest BCUT2D eigenvalue weighted by Crippen LogP contribution is 2.19. The minimum atomic E-state index is -0.398. The predicted octanol–water partition coefficient (Wildman–Crippen LogP) is 2.59. The zero-order chi connectivity index (χ0) is 19.3. The average molecular weight is 378 g/mol. The van der Waals surface area contributed by atoms with Gasteiger partial charge in [0.2, 0.25) is 5.95 Å². The van der Waals surface area contributed by atoms with Crippen LogP contribution >= 0.6 is 0 Å². The number of anilines is 3. The van der Waals surface area contributed by atoms with Crippen LogP contribution in [0.1, 0.15) is 10.4 Å². The highest BCUT2D eigenvalue weighted by molar-refractivity contribution is 6.04. The molecular weight excluding hydrogens is 359 g/mol. The van der Waals surface area contributed by atoms with Crippen molar-refractivity contribution in [1.82, 2.24) is 15.0 Å². The maximum absolute atomic E-state index is 13.3. The smallest absolute Gasteiger partial charge is 0.257 e. The van der Waals surface area contributed by atoms with Gasteiger partial charge in [-0.2, -0.15) is 0 Å². The van der Waals surface area contributed by atoms with Crippen LogP contribution in [0.2, 0.25) is 0 Å². The summed E-state index contributed by atoms with van der Waals surface area (Å²) in [6, 6.07) is 9.40. The molecule has 1 amide bonds. The van der Waals surface area contributed by atoms with E-state index in [0.717, 1.165) is 37.8 Å². The molecular formula is C20H19FN6O. The summed E-state index contributed by atoms with van der Waals surface area (Å²) in [6.07, 6.45) is 6.72. The molecule has 0 unspecified atom stereocenters. The molecule has 0 radical (unpaired) electrons. The van der Waals surface area contributed by atoms with Crippen LogP contribution in [0.15, 0.2) is 61.2 Å². The number of carbonyl (C=O) groups excluding carboxylic acids is 1. The van der Waals surface area contributed by atoms with Gasteiger partial charge < -0.3 is 15.1 Å². The van der Waals surface area contributed by atoms with Crippen molar-refractivity contribution in [3.8, 4) is 0 Å². The van der Waals surface area contributed by atoms with Gasteiger partial charge in [-0.25, -0.2) is 14.4 Å².